The van der Waals surface area contributed by atoms with Crippen molar-refractivity contribution >= 4 is 11.6 Å². The van der Waals surface area contributed by atoms with Gasteiger partial charge in [-0.25, -0.2) is 4.98 Å². The van der Waals surface area contributed by atoms with Crippen LogP contribution in [0.3, 0.4) is 0 Å². The van der Waals surface area contributed by atoms with Gasteiger partial charge in [0.25, 0.3) is 0 Å². The molecule has 2 rings (SSSR count). The molecule has 20 heavy (non-hydrogen) atoms. The van der Waals surface area contributed by atoms with E-state index in [4.69, 9.17) is 5.73 Å². The number of hydrogen-bond donors (Lipinski definition) is 2. The van der Waals surface area contributed by atoms with Gasteiger partial charge in [0.2, 0.25) is 5.91 Å². The van der Waals surface area contributed by atoms with E-state index in [1.807, 2.05) is 48.9 Å². The van der Waals surface area contributed by atoms with Crippen molar-refractivity contribution in [1.29, 1.82) is 0 Å². The van der Waals surface area contributed by atoms with Gasteiger partial charge in [0, 0.05) is 30.7 Å². The molecule has 106 valence electrons. The summed E-state index contributed by atoms with van der Waals surface area (Å²) in [6, 6.07) is 7.63. The third-order valence-corrected chi connectivity index (χ3v) is 3.32. The van der Waals surface area contributed by atoms with Gasteiger partial charge in [-0.15, -0.1) is 0 Å². The molecule has 1 aromatic heterocycles. The molecule has 0 saturated carbocycles. The molecule has 1 heterocycles. The number of nitrogens with two attached hydrogens (primary N) is 1. The molecule has 0 fully saturated rings. The Kier molecular flexibility index (Phi) is 4.53. The number of rotatable bonds is 5. The van der Waals surface area contributed by atoms with Crippen molar-refractivity contribution in [2.45, 2.75) is 26.4 Å². The highest BCUT2D eigenvalue weighted by Crippen LogP contribution is 2.13. The van der Waals surface area contributed by atoms with Gasteiger partial charge < -0.3 is 15.6 Å². The van der Waals surface area contributed by atoms with E-state index in [1.54, 1.807) is 12.5 Å². The third kappa shape index (κ3) is 3.68. The van der Waals surface area contributed by atoms with E-state index in [0.29, 0.717) is 0 Å². The first-order chi connectivity index (χ1) is 9.56. The second kappa shape index (κ2) is 6.34. The summed E-state index contributed by atoms with van der Waals surface area (Å²) in [5, 5.41) is 2.90. The molecule has 5 heteroatoms. The van der Waals surface area contributed by atoms with Crippen LogP contribution >= 0.6 is 0 Å². The highest BCUT2D eigenvalue weighted by Gasteiger charge is 2.16. The Labute approximate surface area is 118 Å². The zero-order valence-electron chi connectivity index (χ0n) is 11.8. The van der Waals surface area contributed by atoms with Crippen molar-refractivity contribution in [1.82, 2.24) is 9.55 Å². The van der Waals surface area contributed by atoms with Crippen molar-refractivity contribution in [2.75, 3.05) is 5.32 Å². The fourth-order valence-corrected chi connectivity index (χ4v) is 1.83. The van der Waals surface area contributed by atoms with E-state index in [1.165, 1.54) is 0 Å². The predicted octanol–water partition coefficient (Wildman–Crippen LogP) is 1.85. The molecule has 0 radical (unpaired) electrons. The largest absolute Gasteiger partial charge is 0.333 e. The van der Waals surface area contributed by atoms with Crippen LogP contribution in [-0.4, -0.2) is 21.5 Å². The van der Waals surface area contributed by atoms with Gasteiger partial charge in [0.1, 0.15) is 0 Å². The number of carbonyl (C=O) groups excluding carboxylic acids is 1. The maximum Gasteiger partial charge on any atom is 0.228 e. The monoisotopic (exact) mass is 272 g/mol. The molecule has 2 aromatic rings. The van der Waals surface area contributed by atoms with Gasteiger partial charge >= 0.3 is 0 Å². The normalized spacial score (nSPS) is 13.8. The highest BCUT2D eigenvalue weighted by molar-refractivity contribution is 5.92. The summed E-state index contributed by atoms with van der Waals surface area (Å²) in [6.45, 7) is 4.39. The first kappa shape index (κ1) is 14.3. The number of carbonyl (C=O) groups is 1. The standard InChI is InChI=1S/C15H20N4O/c1-11(12(2)16)15(20)18-14-5-3-4-13(8-14)9-19-7-6-17-10-19/h3-8,10-12H,9,16H2,1-2H3,(H,18,20). The van der Waals surface area contributed by atoms with E-state index in [9.17, 15) is 4.79 Å². The van der Waals surface area contributed by atoms with Crippen molar-refractivity contribution < 1.29 is 4.79 Å². The Balaban J connectivity index is 2.04. The predicted molar refractivity (Wildman–Crippen MR) is 79.2 cm³/mol. The number of imidazole rings is 1. The Morgan fingerprint density at radius 1 is 1.45 bits per heavy atom. The quantitative estimate of drug-likeness (QED) is 0.872. The van der Waals surface area contributed by atoms with Crippen LogP contribution in [0.1, 0.15) is 19.4 Å². The van der Waals surface area contributed by atoms with Gasteiger partial charge in [-0.05, 0) is 24.6 Å². The van der Waals surface area contributed by atoms with Crippen molar-refractivity contribution in [3.63, 3.8) is 0 Å². The van der Waals surface area contributed by atoms with E-state index in [-0.39, 0.29) is 17.9 Å². The van der Waals surface area contributed by atoms with E-state index < -0.39 is 0 Å². The second-order valence-electron chi connectivity index (χ2n) is 5.07. The van der Waals surface area contributed by atoms with Crippen LogP contribution < -0.4 is 11.1 Å². The molecule has 1 amide bonds. The summed E-state index contributed by atoms with van der Waals surface area (Å²) in [5.74, 6) is -0.271. The summed E-state index contributed by atoms with van der Waals surface area (Å²) < 4.78 is 1.98. The molecule has 0 aliphatic heterocycles. The van der Waals surface area contributed by atoms with Crippen LogP contribution in [0.4, 0.5) is 5.69 Å². The molecule has 0 aliphatic carbocycles. The van der Waals surface area contributed by atoms with E-state index in [0.717, 1.165) is 17.8 Å². The molecule has 0 spiro atoms. The number of anilines is 1. The maximum absolute atomic E-state index is 12.0. The Morgan fingerprint density at radius 2 is 2.25 bits per heavy atom. The lowest BCUT2D eigenvalue weighted by Gasteiger charge is -2.15. The molecule has 2 atom stereocenters. The van der Waals surface area contributed by atoms with Gasteiger partial charge in [-0.1, -0.05) is 19.1 Å². The topological polar surface area (TPSA) is 72.9 Å². The minimum absolute atomic E-state index is 0.0558. The van der Waals surface area contributed by atoms with Crippen molar-refractivity contribution in [3.05, 3.63) is 48.5 Å². The van der Waals surface area contributed by atoms with Crippen LogP contribution in [0.5, 0.6) is 0 Å². The molecule has 5 nitrogen and oxygen atoms in total. The fraction of sp³-hybridized carbons (Fsp3) is 0.333. The number of aromatic nitrogens is 2. The zero-order valence-corrected chi connectivity index (χ0v) is 11.8. The highest BCUT2D eigenvalue weighted by atomic mass is 16.1. The molecule has 2 unspecified atom stereocenters. The third-order valence-electron chi connectivity index (χ3n) is 3.32. The minimum Gasteiger partial charge on any atom is -0.333 e. The smallest absolute Gasteiger partial charge is 0.228 e. The van der Waals surface area contributed by atoms with E-state index in [2.05, 4.69) is 10.3 Å². The summed E-state index contributed by atoms with van der Waals surface area (Å²) in [7, 11) is 0. The number of benzene rings is 1. The van der Waals surface area contributed by atoms with Crippen LogP contribution in [0.15, 0.2) is 43.0 Å². The fourth-order valence-electron chi connectivity index (χ4n) is 1.83. The molecule has 0 bridgehead atoms. The van der Waals surface area contributed by atoms with Crippen LogP contribution in [0.2, 0.25) is 0 Å². The number of hydrogen-bond acceptors (Lipinski definition) is 3. The van der Waals surface area contributed by atoms with Crippen molar-refractivity contribution in [2.24, 2.45) is 11.7 Å². The Morgan fingerprint density at radius 3 is 2.90 bits per heavy atom. The van der Waals surface area contributed by atoms with Crippen LogP contribution in [0.25, 0.3) is 0 Å². The number of nitrogens with one attached hydrogen (secondary N) is 1. The first-order valence-electron chi connectivity index (χ1n) is 6.67. The maximum atomic E-state index is 12.0. The van der Waals surface area contributed by atoms with Gasteiger partial charge in [0.05, 0.1) is 12.2 Å². The summed E-state index contributed by atoms with van der Waals surface area (Å²) in [5.41, 5.74) is 7.64. The van der Waals surface area contributed by atoms with Gasteiger partial charge in [-0.3, -0.25) is 4.79 Å². The average molecular weight is 272 g/mol. The molecule has 1 aromatic carbocycles. The van der Waals surface area contributed by atoms with Crippen molar-refractivity contribution in [3.8, 4) is 0 Å². The number of amides is 1. The van der Waals surface area contributed by atoms with Gasteiger partial charge in [0.15, 0.2) is 0 Å². The Hall–Kier alpha value is -2.14. The molecular weight excluding hydrogens is 252 g/mol. The lowest BCUT2D eigenvalue weighted by atomic mass is 10.0. The van der Waals surface area contributed by atoms with E-state index >= 15 is 0 Å². The van der Waals surface area contributed by atoms with Crippen LogP contribution in [0, 0.1) is 5.92 Å². The second-order valence-corrected chi connectivity index (χ2v) is 5.07. The first-order valence-corrected chi connectivity index (χ1v) is 6.67. The zero-order chi connectivity index (χ0) is 14.5. The average Bonchev–Trinajstić information content (AvgIpc) is 2.91. The van der Waals surface area contributed by atoms with Gasteiger partial charge in [-0.2, -0.15) is 0 Å². The molecule has 3 N–H and O–H groups in total. The molecule has 0 saturated heterocycles. The number of nitrogens with zero attached hydrogens (tertiary/aromatic N) is 2. The Bertz CT molecular complexity index is 563. The summed E-state index contributed by atoms with van der Waals surface area (Å²) in [6.07, 6.45) is 5.42. The lowest BCUT2D eigenvalue weighted by Crippen LogP contribution is -2.34. The molecular formula is C15H20N4O. The minimum atomic E-state index is -0.215. The lowest BCUT2D eigenvalue weighted by molar-refractivity contribution is -0.119. The SMILES string of the molecule is CC(N)C(C)C(=O)Nc1cccc(Cn2ccnc2)c1. The van der Waals surface area contributed by atoms with Crippen LogP contribution in [-0.2, 0) is 11.3 Å². The summed E-state index contributed by atoms with van der Waals surface area (Å²) in [4.78, 5) is 16.0. The summed E-state index contributed by atoms with van der Waals surface area (Å²) >= 11 is 0. The molecule has 0 aliphatic rings.